The lowest BCUT2D eigenvalue weighted by molar-refractivity contribution is 0.171. The van der Waals surface area contributed by atoms with Crippen molar-refractivity contribution in [3.8, 4) is 28.4 Å². The minimum absolute atomic E-state index is 0.150. The van der Waals surface area contributed by atoms with Crippen LogP contribution in [-0.2, 0) is 0 Å². The van der Waals surface area contributed by atoms with Gasteiger partial charge in [-0.1, -0.05) is 6.07 Å². The van der Waals surface area contributed by atoms with E-state index in [1.807, 2.05) is 18.2 Å². The van der Waals surface area contributed by atoms with Crippen LogP contribution in [0.4, 0.5) is 0 Å². The van der Waals surface area contributed by atoms with Gasteiger partial charge in [-0.25, -0.2) is 0 Å². The van der Waals surface area contributed by atoms with E-state index in [-0.39, 0.29) is 5.75 Å². The molecule has 0 radical (unpaired) electrons. The Morgan fingerprint density at radius 3 is 2.59 bits per heavy atom. The van der Waals surface area contributed by atoms with Gasteiger partial charge in [-0.05, 0) is 23.8 Å². The Morgan fingerprint density at radius 2 is 1.76 bits per heavy atom. The quantitative estimate of drug-likeness (QED) is 0.814. The van der Waals surface area contributed by atoms with E-state index in [0.29, 0.717) is 13.2 Å². The molecule has 86 valence electrons. The van der Waals surface area contributed by atoms with Crippen LogP contribution in [0.25, 0.3) is 11.1 Å². The fourth-order valence-corrected chi connectivity index (χ4v) is 1.81. The summed E-state index contributed by atoms with van der Waals surface area (Å²) in [5.74, 6) is 1.64. The third kappa shape index (κ3) is 1.89. The van der Waals surface area contributed by atoms with E-state index in [9.17, 15) is 5.11 Å². The molecule has 1 aliphatic heterocycles. The Morgan fingerprint density at radius 1 is 0.941 bits per heavy atom. The molecule has 0 saturated heterocycles. The summed E-state index contributed by atoms with van der Waals surface area (Å²) >= 11 is 0. The van der Waals surface area contributed by atoms with Crippen molar-refractivity contribution in [2.75, 3.05) is 13.2 Å². The topological polar surface area (TPSA) is 51.6 Å². The van der Waals surface area contributed by atoms with Crippen LogP contribution in [0.2, 0.25) is 0 Å². The Labute approximate surface area is 98.5 Å². The number of benzene rings is 1. The number of hydrogen-bond donors (Lipinski definition) is 1. The molecule has 1 N–H and O–H groups in total. The van der Waals surface area contributed by atoms with Gasteiger partial charge in [0.25, 0.3) is 0 Å². The van der Waals surface area contributed by atoms with Crippen LogP contribution in [0.3, 0.4) is 0 Å². The lowest BCUT2D eigenvalue weighted by Crippen LogP contribution is -2.15. The highest BCUT2D eigenvalue weighted by Crippen LogP contribution is 2.34. The molecule has 2 heterocycles. The summed E-state index contributed by atoms with van der Waals surface area (Å²) in [6.07, 6.45) is 3.10. The van der Waals surface area contributed by atoms with Crippen molar-refractivity contribution in [2.24, 2.45) is 0 Å². The van der Waals surface area contributed by atoms with Gasteiger partial charge in [0.2, 0.25) is 0 Å². The van der Waals surface area contributed by atoms with Gasteiger partial charge < -0.3 is 14.6 Å². The van der Waals surface area contributed by atoms with Crippen LogP contribution in [0.5, 0.6) is 17.2 Å². The van der Waals surface area contributed by atoms with Crippen LogP contribution >= 0.6 is 0 Å². The Hall–Kier alpha value is -2.23. The van der Waals surface area contributed by atoms with Crippen LogP contribution < -0.4 is 9.47 Å². The number of ether oxygens (including phenoxy) is 2. The number of aromatic nitrogens is 1. The molecule has 0 bridgehead atoms. The van der Waals surface area contributed by atoms with Gasteiger partial charge in [0, 0.05) is 11.8 Å². The highest BCUT2D eigenvalue weighted by Gasteiger charge is 2.12. The molecular formula is C13H11NO3. The first-order chi connectivity index (χ1) is 8.33. The predicted octanol–water partition coefficient (Wildman–Crippen LogP) is 2.23. The zero-order valence-corrected chi connectivity index (χ0v) is 9.09. The van der Waals surface area contributed by atoms with Gasteiger partial charge in [-0.15, -0.1) is 0 Å². The lowest BCUT2D eigenvalue weighted by atomic mass is 10.1. The molecule has 0 saturated carbocycles. The molecule has 17 heavy (non-hydrogen) atoms. The van der Waals surface area contributed by atoms with Crippen molar-refractivity contribution in [3.05, 3.63) is 36.7 Å². The molecule has 1 aliphatic rings. The van der Waals surface area contributed by atoms with E-state index < -0.39 is 0 Å². The smallest absolute Gasteiger partial charge is 0.161 e. The SMILES string of the molecule is Oc1cncc(-c2ccc3c(c2)OCCO3)c1. The van der Waals surface area contributed by atoms with Gasteiger partial charge in [0.1, 0.15) is 19.0 Å². The number of fused-ring (bicyclic) bond motifs is 1. The average molecular weight is 229 g/mol. The molecular weight excluding hydrogens is 218 g/mol. The van der Waals surface area contributed by atoms with E-state index in [1.165, 1.54) is 6.20 Å². The molecule has 0 fully saturated rings. The molecule has 0 aliphatic carbocycles. The van der Waals surface area contributed by atoms with Crippen molar-refractivity contribution in [1.29, 1.82) is 0 Å². The molecule has 4 heteroatoms. The molecule has 1 aromatic heterocycles. The summed E-state index contributed by atoms with van der Waals surface area (Å²) < 4.78 is 11.0. The third-order valence-electron chi connectivity index (χ3n) is 2.60. The summed E-state index contributed by atoms with van der Waals surface area (Å²) in [5.41, 5.74) is 1.79. The maximum Gasteiger partial charge on any atom is 0.161 e. The van der Waals surface area contributed by atoms with E-state index in [4.69, 9.17) is 9.47 Å². The molecule has 0 amide bonds. The van der Waals surface area contributed by atoms with Crippen LogP contribution in [0.1, 0.15) is 0 Å². The standard InChI is InChI=1S/C13H11NO3/c15-11-5-10(7-14-8-11)9-1-2-12-13(6-9)17-4-3-16-12/h1-2,5-8,15H,3-4H2. The maximum absolute atomic E-state index is 9.39. The summed E-state index contributed by atoms with van der Waals surface area (Å²) in [5, 5.41) is 9.39. The molecule has 0 spiro atoms. The molecule has 0 atom stereocenters. The third-order valence-corrected chi connectivity index (χ3v) is 2.60. The minimum atomic E-state index is 0.150. The molecule has 1 aromatic carbocycles. The molecule has 2 aromatic rings. The largest absolute Gasteiger partial charge is 0.506 e. The van der Waals surface area contributed by atoms with Crippen LogP contribution in [0, 0.1) is 0 Å². The number of aromatic hydroxyl groups is 1. The highest BCUT2D eigenvalue weighted by atomic mass is 16.6. The summed E-state index contributed by atoms with van der Waals surface area (Å²) in [7, 11) is 0. The zero-order chi connectivity index (χ0) is 11.7. The average Bonchev–Trinajstić information content (AvgIpc) is 2.38. The Balaban J connectivity index is 2.04. The van der Waals surface area contributed by atoms with Crippen LogP contribution in [-0.4, -0.2) is 23.3 Å². The maximum atomic E-state index is 9.39. The lowest BCUT2D eigenvalue weighted by Gasteiger charge is -2.18. The molecule has 0 unspecified atom stereocenters. The highest BCUT2D eigenvalue weighted by molar-refractivity contribution is 5.67. The molecule has 4 nitrogen and oxygen atoms in total. The number of nitrogens with zero attached hydrogens (tertiary/aromatic N) is 1. The van der Waals surface area contributed by atoms with Gasteiger partial charge in [-0.2, -0.15) is 0 Å². The van der Waals surface area contributed by atoms with Crippen molar-refractivity contribution >= 4 is 0 Å². The number of rotatable bonds is 1. The van der Waals surface area contributed by atoms with Crippen molar-refractivity contribution < 1.29 is 14.6 Å². The second kappa shape index (κ2) is 3.97. The summed E-state index contributed by atoms with van der Waals surface area (Å²) in [4.78, 5) is 3.95. The fourth-order valence-electron chi connectivity index (χ4n) is 1.81. The van der Waals surface area contributed by atoms with Gasteiger partial charge >= 0.3 is 0 Å². The van der Waals surface area contributed by atoms with E-state index in [1.54, 1.807) is 12.3 Å². The van der Waals surface area contributed by atoms with Crippen molar-refractivity contribution in [1.82, 2.24) is 4.98 Å². The number of hydrogen-bond acceptors (Lipinski definition) is 4. The summed E-state index contributed by atoms with van der Waals surface area (Å²) in [6.45, 7) is 1.15. The predicted molar refractivity (Wildman–Crippen MR) is 62.3 cm³/mol. The van der Waals surface area contributed by atoms with Gasteiger partial charge in [0.15, 0.2) is 11.5 Å². The Bertz CT molecular complexity index is 554. The monoisotopic (exact) mass is 229 g/mol. The van der Waals surface area contributed by atoms with Crippen molar-refractivity contribution in [3.63, 3.8) is 0 Å². The van der Waals surface area contributed by atoms with E-state index in [2.05, 4.69) is 4.98 Å². The Kier molecular flexibility index (Phi) is 2.33. The second-order valence-corrected chi connectivity index (χ2v) is 3.79. The van der Waals surface area contributed by atoms with E-state index in [0.717, 1.165) is 22.6 Å². The molecule has 3 rings (SSSR count). The second-order valence-electron chi connectivity index (χ2n) is 3.79. The van der Waals surface area contributed by atoms with Crippen LogP contribution in [0.15, 0.2) is 36.7 Å². The first-order valence-corrected chi connectivity index (χ1v) is 5.37. The van der Waals surface area contributed by atoms with E-state index >= 15 is 0 Å². The first-order valence-electron chi connectivity index (χ1n) is 5.37. The number of pyridine rings is 1. The first kappa shape index (κ1) is 9.96. The fraction of sp³-hybridized carbons (Fsp3) is 0.154. The van der Waals surface area contributed by atoms with Crippen molar-refractivity contribution in [2.45, 2.75) is 0 Å². The van der Waals surface area contributed by atoms with Gasteiger partial charge in [-0.3, -0.25) is 4.98 Å². The minimum Gasteiger partial charge on any atom is -0.506 e. The zero-order valence-electron chi connectivity index (χ0n) is 9.09. The summed E-state index contributed by atoms with van der Waals surface area (Å²) in [6, 6.07) is 7.35. The van der Waals surface area contributed by atoms with Gasteiger partial charge in [0.05, 0.1) is 6.20 Å². The normalized spacial score (nSPS) is 13.4.